The second-order valence-corrected chi connectivity index (χ2v) is 4.94. The van der Waals surface area contributed by atoms with Gasteiger partial charge in [0, 0.05) is 18.2 Å². The summed E-state index contributed by atoms with van der Waals surface area (Å²) in [5.41, 5.74) is 1.30. The number of nitrogens with zero attached hydrogens (tertiary/aromatic N) is 1. The van der Waals surface area contributed by atoms with Crippen molar-refractivity contribution >= 4 is 5.69 Å². The lowest BCUT2D eigenvalue weighted by atomic mass is 10.0. The molecule has 0 amide bonds. The summed E-state index contributed by atoms with van der Waals surface area (Å²) >= 11 is 0. The normalized spacial score (nSPS) is 10.4. The molecule has 0 saturated carbocycles. The van der Waals surface area contributed by atoms with Gasteiger partial charge in [0.05, 0.1) is 16.2 Å². The van der Waals surface area contributed by atoms with E-state index in [2.05, 4.69) is 4.98 Å². The van der Waals surface area contributed by atoms with Crippen molar-refractivity contribution in [1.82, 2.24) is 4.98 Å². The lowest BCUT2D eigenvalue weighted by Gasteiger charge is -2.07. The lowest BCUT2D eigenvalue weighted by Crippen LogP contribution is -2.10. The molecule has 3 rings (SSSR count). The molecule has 0 unspecified atom stereocenters. The van der Waals surface area contributed by atoms with E-state index in [1.807, 2.05) is 6.07 Å². The van der Waals surface area contributed by atoms with Gasteiger partial charge in [-0.25, -0.2) is 0 Å². The van der Waals surface area contributed by atoms with Crippen LogP contribution in [-0.2, 0) is 0 Å². The number of nitro benzene ring substituents is 1. The van der Waals surface area contributed by atoms with Crippen molar-refractivity contribution in [3.8, 4) is 28.1 Å². The molecule has 0 fully saturated rings. The van der Waals surface area contributed by atoms with Crippen molar-refractivity contribution in [1.29, 1.82) is 0 Å². The molecule has 0 aliphatic rings. The van der Waals surface area contributed by atoms with E-state index >= 15 is 0 Å². The number of hydrogen-bond donors (Lipinski definition) is 2. The van der Waals surface area contributed by atoms with Crippen LogP contribution in [0.2, 0.25) is 0 Å². The third kappa shape index (κ3) is 2.82. The third-order valence-corrected chi connectivity index (χ3v) is 3.46. The summed E-state index contributed by atoms with van der Waals surface area (Å²) in [6.45, 7) is 0. The first kappa shape index (κ1) is 14.5. The van der Waals surface area contributed by atoms with E-state index in [9.17, 15) is 20.0 Å². The highest BCUT2D eigenvalue weighted by Crippen LogP contribution is 2.29. The number of H-pyrrole nitrogens is 1. The molecule has 0 aliphatic carbocycles. The van der Waals surface area contributed by atoms with Crippen LogP contribution < -0.4 is 5.56 Å². The van der Waals surface area contributed by atoms with Crippen LogP contribution in [0.25, 0.3) is 22.4 Å². The van der Waals surface area contributed by atoms with Crippen molar-refractivity contribution in [2.24, 2.45) is 0 Å². The van der Waals surface area contributed by atoms with E-state index in [1.165, 1.54) is 30.3 Å². The Morgan fingerprint density at radius 1 is 0.957 bits per heavy atom. The molecular weight excluding hydrogens is 296 g/mol. The quantitative estimate of drug-likeness (QED) is 0.573. The van der Waals surface area contributed by atoms with Crippen LogP contribution in [-0.4, -0.2) is 15.0 Å². The zero-order valence-corrected chi connectivity index (χ0v) is 11.9. The van der Waals surface area contributed by atoms with E-state index in [0.717, 1.165) is 0 Å². The molecule has 0 saturated heterocycles. The van der Waals surface area contributed by atoms with E-state index in [4.69, 9.17) is 0 Å². The average molecular weight is 308 g/mol. The van der Waals surface area contributed by atoms with Gasteiger partial charge in [0.2, 0.25) is 0 Å². The summed E-state index contributed by atoms with van der Waals surface area (Å²) < 4.78 is 0. The Kier molecular flexibility index (Phi) is 3.64. The highest BCUT2D eigenvalue weighted by Gasteiger charge is 2.12. The first-order valence-electron chi connectivity index (χ1n) is 6.83. The Balaban J connectivity index is 2.06. The molecule has 1 heterocycles. The summed E-state index contributed by atoms with van der Waals surface area (Å²) in [6, 6.07) is 16.0. The number of aromatic amines is 1. The molecule has 6 nitrogen and oxygen atoms in total. The number of nitro groups is 1. The highest BCUT2D eigenvalue weighted by atomic mass is 16.6. The molecule has 0 spiro atoms. The standard InChI is InChI=1S/C17H12N2O4/c20-15-10-14(11-6-8-13(9-7-11)19(22)23)18-17(21)16(15)12-4-2-1-3-5-12/h1-10H,(H2,18,20,21). The first-order chi connectivity index (χ1) is 11.1. The molecule has 0 aliphatic heterocycles. The third-order valence-electron chi connectivity index (χ3n) is 3.46. The number of aromatic hydroxyl groups is 1. The Labute approximate surface area is 130 Å². The molecule has 3 aromatic rings. The van der Waals surface area contributed by atoms with Crippen molar-refractivity contribution in [2.75, 3.05) is 0 Å². The van der Waals surface area contributed by atoms with Gasteiger partial charge in [-0.05, 0) is 23.3 Å². The SMILES string of the molecule is O=c1[nH]c(-c2ccc([N+](=O)[O-])cc2)cc(O)c1-c1ccccc1. The Bertz CT molecular complexity index is 916. The van der Waals surface area contributed by atoms with Crippen molar-refractivity contribution in [2.45, 2.75) is 0 Å². The van der Waals surface area contributed by atoms with Gasteiger partial charge in [0.25, 0.3) is 11.2 Å². The summed E-state index contributed by atoms with van der Waals surface area (Å²) in [4.78, 5) is 25.1. The topological polar surface area (TPSA) is 96.2 Å². The maximum Gasteiger partial charge on any atom is 0.269 e. The number of nitrogens with one attached hydrogen (secondary N) is 1. The maximum atomic E-state index is 12.3. The molecule has 114 valence electrons. The van der Waals surface area contributed by atoms with Crippen molar-refractivity contribution < 1.29 is 10.0 Å². The largest absolute Gasteiger partial charge is 0.507 e. The molecule has 2 aromatic carbocycles. The van der Waals surface area contributed by atoms with Crippen LogP contribution in [0.3, 0.4) is 0 Å². The van der Waals surface area contributed by atoms with Crippen LogP contribution in [0.4, 0.5) is 5.69 Å². The molecule has 2 N–H and O–H groups in total. The minimum atomic E-state index is -0.498. The van der Waals surface area contributed by atoms with Crippen LogP contribution in [0.15, 0.2) is 65.5 Å². The lowest BCUT2D eigenvalue weighted by molar-refractivity contribution is -0.384. The molecule has 1 aromatic heterocycles. The Morgan fingerprint density at radius 3 is 2.17 bits per heavy atom. The Hall–Kier alpha value is -3.41. The summed E-state index contributed by atoms with van der Waals surface area (Å²) in [6.07, 6.45) is 0. The van der Waals surface area contributed by atoms with E-state index < -0.39 is 10.5 Å². The van der Waals surface area contributed by atoms with Crippen LogP contribution in [0.5, 0.6) is 5.75 Å². The number of non-ortho nitro benzene ring substituents is 1. The zero-order chi connectivity index (χ0) is 16.4. The van der Waals surface area contributed by atoms with Crippen molar-refractivity contribution in [3.05, 3.63) is 81.1 Å². The number of hydrogen-bond acceptors (Lipinski definition) is 4. The zero-order valence-electron chi connectivity index (χ0n) is 11.9. The molecule has 0 atom stereocenters. The smallest absolute Gasteiger partial charge is 0.269 e. The minimum Gasteiger partial charge on any atom is -0.507 e. The van der Waals surface area contributed by atoms with Crippen LogP contribution in [0, 0.1) is 10.1 Å². The predicted octanol–water partition coefficient (Wildman–Crippen LogP) is 3.32. The van der Waals surface area contributed by atoms with Gasteiger partial charge in [-0.3, -0.25) is 14.9 Å². The van der Waals surface area contributed by atoms with Gasteiger partial charge in [-0.15, -0.1) is 0 Å². The van der Waals surface area contributed by atoms with Crippen molar-refractivity contribution in [3.63, 3.8) is 0 Å². The van der Waals surface area contributed by atoms with E-state index in [1.54, 1.807) is 24.3 Å². The number of aromatic nitrogens is 1. The van der Waals surface area contributed by atoms with E-state index in [0.29, 0.717) is 16.8 Å². The number of pyridine rings is 1. The van der Waals surface area contributed by atoms with Gasteiger partial charge < -0.3 is 10.1 Å². The van der Waals surface area contributed by atoms with Crippen LogP contribution in [0.1, 0.15) is 0 Å². The van der Waals surface area contributed by atoms with Crippen LogP contribution >= 0.6 is 0 Å². The number of rotatable bonds is 3. The monoisotopic (exact) mass is 308 g/mol. The van der Waals surface area contributed by atoms with E-state index in [-0.39, 0.29) is 17.0 Å². The van der Waals surface area contributed by atoms with Gasteiger partial charge in [-0.2, -0.15) is 0 Å². The molecule has 6 heteroatoms. The molecular formula is C17H12N2O4. The summed E-state index contributed by atoms with van der Waals surface area (Å²) in [5.74, 6) is -0.145. The maximum absolute atomic E-state index is 12.3. The van der Waals surface area contributed by atoms with Gasteiger partial charge in [-0.1, -0.05) is 30.3 Å². The summed E-state index contributed by atoms with van der Waals surface area (Å²) in [5, 5.41) is 20.9. The van der Waals surface area contributed by atoms with Gasteiger partial charge in [0.15, 0.2) is 0 Å². The highest BCUT2D eigenvalue weighted by molar-refractivity contribution is 5.73. The van der Waals surface area contributed by atoms with Gasteiger partial charge >= 0.3 is 0 Å². The fraction of sp³-hybridized carbons (Fsp3) is 0. The molecule has 23 heavy (non-hydrogen) atoms. The number of benzene rings is 2. The fourth-order valence-corrected chi connectivity index (χ4v) is 2.35. The first-order valence-corrected chi connectivity index (χ1v) is 6.83. The fourth-order valence-electron chi connectivity index (χ4n) is 2.35. The Morgan fingerprint density at radius 2 is 1.61 bits per heavy atom. The molecule has 0 bridgehead atoms. The average Bonchev–Trinajstić information content (AvgIpc) is 2.55. The second-order valence-electron chi connectivity index (χ2n) is 4.94. The molecule has 0 radical (unpaired) electrons. The predicted molar refractivity (Wildman–Crippen MR) is 86.3 cm³/mol. The minimum absolute atomic E-state index is 0.0405. The second kappa shape index (κ2) is 5.76. The van der Waals surface area contributed by atoms with Gasteiger partial charge in [0.1, 0.15) is 5.75 Å². The summed E-state index contributed by atoms with van der Waals surface area (Å²) in [7, 11) is 0.